The highest BCUT2D eigenvalue weighted by Gasteiger charge is 2.39. The maximum absolute atomic E-state index is 14.0. The first-order chi connectivity index (χ1) is 15.9. The first-order valence-corrected chi connectivity index (χ1v) is 12.5. The van der Waals surface area contributed by atoms with Crippen LogP contribution in [0, 0.1) is 5.92 Å². The fourth-order valence-electron chi connectivity index (χ4n) is 4.19. The number of rotatable bonds is 5. The van der Waals surface area contributed by atoms with Gasteiger partial charge in [0.15, 0.2) is 9.84 Å². The lowest BCUT2D eigenvalue weighted by Gasteiger charge is -2.24. The molecule has 7 N–H and O–H groups in total. The van der Waals surface area contributed by atoms with Gasteiger partial charge < -0.3 is 11.1 Å². The molecule has 1 saturated heterocycles. The Morgan fingerprint density at radius 3 is 2.47 bits per heavy atom. The van der Waals surface area contributed by atoms with Gasteiger partial charge in [-0.2, -0.15) is 18.6 Å². The van der Waals surface area contributed by atoms with Gasteiger partial charge in [0, 0.05) is 16.1 Å². The van der Waals surface area contributed by atoms with E-state index in [0.29, 0.717) is 6.54 Å². The highest BCUT2D eigenvalue weighted by Crippen LogP contribution is 2.43. The number of halogens is 4. The lowest BCUT2D eigenvalue weighted by atomic mass is 9.95. The van der Waals surface area contributed by atoms with Gasteiger partial charge in [-0.25, -0.2) is 13.4 Å². The number of hydrogen-bond donors (Lipinski definition) is 5. The third-order valence-corrected chi connectivity index (χ3v) is 8.07. The van der Waals surface area contributed by atoms with Gasteiger partial charge in [0.05, 0.1) is 16.2 Å². The molecule has 2 aliphatic rings. The number of guanidine groups is 1. The number of nitrogens with one attached hydrogen (secondary N) is 3. The number of benzene rings is 2. The van der Waals surface area contributed by atoms with Crippen molar-refractivity contribution in [2.24, 2.45) is 22.4 Å². The molecule has 2 aliphatic heterocycles. The van der Waals surface area contributed by atoms with Crippen LogP contribution in [0.15, 0.2) is 46.3 Å². The molecule has 0 aliphatic carbocycles. The Morgan fingerprint density at radius 1 is 1.21 bits per heavy atom. The zero-order valence-electron chi connectivity index (χ0n) is 17.9. The summed E-state index contributed by atoms with van der Waals surface area (Å²) in [6.07, 6.45) is -3.06. The van der Waals surface area contributed by atoms with E-state index in [4.69, 9.17) is 23.1 Å². The molecule has 0 aromatic heterocycles. The molecule has 0 amide bonds. The van der Waals surface area contributed by atoms with Crippen LogP contribution < -0.4 is 27.6 Å². The summed E-state index contributed by atoms with van der Waals surface area (Å²) in [5, 5.41) is 2.96. The Labute approximate surface area is 199 Å². The summed E-state index contributed by atoms with van der Waals surface area (Å²) in [5.41, 5.74) is 15.3. The maximum atomic E-state index is 14.0. The molecule has 0 saturated carbocycles. The molecule has 4 rings (SSSR count). The predicted molar refractivity (Wildman–Crippen MR) is 123 cm³/mol. The SMILES string of the molecule is NC1=NC(N)(c2cc(Cl)c(-c3ccc(S(=O)(=O)CC4CCCNC4)cc3)c(C(F)(F)F)c2)NN1. The van der Waals surface area contributed by atoms with Crippen molar-refractivity contribution in [3.8, 4) is 11.1 Å². The molecule has 1 fully saturated rings. The number of hydrogen-bond acceptors (Lipinski definition) is 8. The number of aliphatic imine (C=N–C) groups is 1. The summed E-state index contributed by atoms with van der Waals surface area (Å²) in [5.74, 6) is -1.85. The minimum atomic E-state index is -4.77. The highest BCUT2D eigenvalue weighted by molar-refractivity contribution is 7.91. The quantitative estimate of drug-likeness (QED) is 0.411. The summed E-state index contributed by atoms with van der Waals surface area (Å²) in [7, 11) is -3.59. The molecule has 184 valence electrons. The average molecular weight is 517 g/mol. The third kappa shape index (κ3) is 5.01. The van der Waals surface area contributed by atoms with Crippen molar-refractivity contribution >= 4 is 27.4 Å². The molecular weight excluding hydrogens is 493 g/mol. The molecule has 34 heavy (non-hydrogen) atoms. The van der Waals surface area contributed by atoms with Crippen molar-refractivity contribution in [2.45, 2.75) is 29.7 Å². The average Bonchev–Trinajstić information content (AvgIpc) is 3.13. The van der Waals surface area contributed by atoms with Crippen LogP contribution in [0.3, 0.4) is 0 Å². The number of sulfone groups is 1. The van der Waals surface area contributed by atoms with Crippen LogP contribution in [0.25, 0.3) is 11.1 Å². The lowest BCUT2D eigenvalue weighted by Crippen LogP contribution is -2.50. The molecular formula is C21H24ClF3N6O2S. The number of nitrogens with two attached hydrogens (primary N) is 2. The zero-order chi connectivity index (χ0) is 24.7. The first kappa shape index (κ1) is 24.7. The highest BCUT2D eigenvalue weighted by atomic mass is 35.5. The van der Waals surface area contributed by atoms with Crippen LogP contribution in [0.5, 0.6) is 0 Å². The topological polar surface area (TPSA) is 135 Å². The summed E-state index contributed by atoms with van der Waals surface area (Å²) < 4.78 is 67.7. The lowest BCUT2D eigenvalue weighted by molar-refractivity contribution is -0.137. The molecule has 2 aromatic carbocycles. The number of hydrazine groups is 1. The largest absolute Gasteiger partial charge is 0.417 e. The fraction of sp³-hybridized carbons (Fsp3) is 0.381. The van der Waals surface area contributed by atoms with Gasteiger partial charge in [0.2, 0.25) is 11.7 Å². The first-order valence-electron chi connectivity index (χ1n) is 10.5. The Bertz CT molecular complexity index is 1210. The van der Waals surface area contributed by atoms with E-state index < -0.39 is 27.4 Å². The predicted octanol–water partition coefficient (Wildman–Crippen LogP) is 2.29. The molecule has 8 nitrogen and oxygen atoms in total. The number of alkyl halides is 3. The van der Waals surface area contributed by atoms with Crippen LogP contribution in [-0.2, 0) is 21.8 Å². The molecule has 0 radical (unpaired) electrons. The molecule has 0 bridgehead atoms. The molecule has 2 atom stereocenters. The van der Waals surface area contributed by atoms with Crippen molar-refractivity contribution in [3.05, 3.63) is 52.5 Å². The Hall–Kier alpha value is -2.38. The fourth-order valence-corrected chi connectivity index (χ4v) is 6.16. The summed E-state index contributed by atoms with van der Waals surface area (Å²) in [4.78, 5) is 3.95. The van der Waals surface area contributed by atoms with Gasteiger partial charge >= 0.3 is 6.18 Å². The van der Waals surface area contributed by atoms with E-state index in [1.54, 1.807) is 0 Å². The van der Waals surface area contributed by atoms with Crippen LogP contribution >= 0.6 is 11.6 Å². The van der Waals surface area contributed by atoms with Gasteiger partial charge in [-0.3, -0.25) is 11.2 Å². The second kappa shape index (κ2) is 9.00. The van der Waals surface area contributed by atoms with E-state index in [2.05, 4.69) is 21.2 Å². The second-order valence-corrected chi connectivity index (χ2v) is 10.9. The van der Waals surface area contributed by atoms with Crippen molar-refractivity contribution in [2.75, 3.05) is 18.8 Å². The third-order valence-electron chi connectivity index (χ3n) is 5.87. The van der Waals surface area contributed by atoms with Crippen molar-refractivity contribution in [1.82, 2.24) is 16.2 Å². The maximum Gasteiger partial charge on any atom is 0.417 e. The van der Waals surface area contributed by atoms with Crippen LogP contribution in [0.1, 0.15) is 24.0 Å². The number of nitrogens with zero attached hydrogens (tertiary/aromatic N) is 1. The number of piperidine rings is 1. The Balaban J connectivity index is 1.70. The standard InChI is InChI=1S/C21H24ClF3N6O2S/c22-17-9-14(21(27)29-19(26)30-31-21)8-16(20(23,24)25)18(17)13-3-5-15(6-4-13)34(32,33)11-12-2-1-7-28-10-12/h3-6,8-9,12,28,31H,1-2,7,10-11,27H2,(H3,26,29,30). The van der Waals surface area contributed by atoms with E-state index in [9.17, 15) is 21.6 Å². The van der Waals surface area contributed by atoms with Gasteiger partial charge in [-0.1, -0.05) is 23.7 Å². The summed E-state index contributed by atoms with van der Waals surface area (Å²) in [6.45, 7) is 1.49. The van der Waals surface area contributed by atoms with E-state index in [1.165, 1.54) is 30.3 Å². The van der Waals surface area contributed by atoms with E-state index in [1.807, 2.05) is 0 Å². The minimum Gasteiger partial charge on any atom is -0.369 e. The molecule has 2 heterocycles. The Kier molecular flexibility index (Phi) is 6.55. The molecule has 13 heteroatoms. The van der Waals surface area contributed by atoms with Crippen molar-refractivity contribution in [1.29, 1.82) is 0 Å². The monoisotopic (exact) mass is 516 g/mol. The van der Waals surface area contributed by atoms with Crippen LogP contribution in [0.4, 0.5) is 13.2 Å². The van der Waals surface area contributed by atoms with Crippen molar-refractivity contribution in [3.63, 3.8) is 0 Å². The smallest absolute Gasteiger partial charge is 0.369 e. The normalized spacial score (nSPS) is 23.4. The molecule has 0 spiro atoms. The molecule has 2 aromatic rings. The Morgan fingerprint density at radius 2 is 1.91 bits per heavy atom. The van der Waals surface area contributed by atoms with Gasteiger partial charge in [-0.15, -0.1) is 0 Å². The van der Waals surface area contributed by atoms with Gasteiger partial charge in [-0.05, 0) is 61.7 Å². The van der Waals surface area contributed by atoms with Gasteiger partial charge in [0.1, 0.15) is 0 Å². The van der Waals surface area contributed by atoms with Crippen LogP contribution in [0.2, 0.25) is 5.02 Å². The van der Waals surface area contributed by atoms with Crippen molar-refractivity contribution < 1.29 is 21.6 Å². The minimum absolute atomic E-state index is 0.00351. The molecule has 2 unspecified atom stereocenters. The second-order valence-electron chi connectivity index (χ2n) is 8.41. The van der Waals surface area contributed by atoms with Crippen LogP contribution in [-0.4, -0.2) is 33.2 Å². The zero-order valence-corrected chi connectivity index (χ0v) is 19.5. The summed E-state index contributed by atoms with van der Waals surface area (Å²) in [6, 6.07) is 7.38. The van der Waals surface area contributed by atoms with E-state index in [-0.39, 0.29) is 44.2 Å². The van der Waals surface area contributed by atoms with E-state index >= 15 is 0 Å². The van der Waals surface area contributed by atoms with E-state index in [0.717, 1.165) is 25.5 Å². The van der Waals surface area contributed by atoms with Gasteiger partial charge in [0.25, 0.3) is 0 Å². The summed E-state index contributed by atoms with van der Waals surface area (Å²) >= 11 is 6.30.